The summed E-state index contributed by atoms with van der Waals surface area (Å²) in [6.07, 6.45) is 0. The summed E-state index contributed by atoms with van der Waals surface area (Å²) in [6.45, 7) is 0. The number of hydrogen-bond acceptors (Lipinski definition) is 5. The second-order valence-corrected chi connectivity index (χ2v) is 3.92. The Hall–Kier alpha value is -3.49. The molecule has 20 heavy (non-hydrogen) atoms. The lowest BCUT2D eigenvalue weighted by molar-refractivity contribution is 0.476. The topological polar surface area (TPSA) is 104 Å². The maximum absolute atomic E-state index is 9.54. The third kappa shape index (κ3) is 2.36. The van der Waals surface area contributed by atoms with Crippen molar-refractivity contribution in [3.8, 4) is 24.0 Å². The van der Waals surface area contributed by atoms with Crippen LogP contribution < -0.4 is 5.32 Å². The first-order valence-electron chi connectivity index (χ1n) is 5.63. The van der Waals surface area contributed by atoms with Crippen LogP contribution in [0.4, 0.5) is 5.69 Å². The summed E-state index contributed by atoms with van der Waals surface area (Å²) in [5, 5.41) is 40.5. The fraction of sp³-hybridized carbons (Fsp3) is 0. The van der Waals surface area contributed by atoms with Crippen molar-refractivity contribution in [2.24, 2.45) is 0 Å². The SMILES string of the molecule is N#CC(C#N)=C(C#N)Nc1cccc2ccc(O)cc12. The van der Waals surface area contributed by atoms with E-state index in [1.807, 2.05) is 6.07 Å². The van der Waals surface area contributed by atoms with Crippen LogP contribution in [0.15, 0.2) is 47.7 Å². The highest BCUT2D eigenvalue weighted by molar-refractivity contribution is 5.95. The van der Waals surface area contributed by atoms with Crippen LogP contribution in [-0.2, 0) is 0 Å². The van der Waals surface area contributed by atoms with Gasteiger partial charge in [0.2, 0.25) is 0 Å². The first-order valence-corrected chi connectivity index (χ1v) is 5.63. The first-order chi connectivity index (χ1) is 9.69. The summed E-state index contributed by atoms with van der Waals surface area (Å²) in [7, 11) is 0. The third-order valence-corrected chi connectivity index (χ3v) is 2.71. The molecule has 2 rings (SSSR count). The molecule has 0 fully saturated rings. The first kappa shape index (κ1) is 13.0. The average Bonchev–Trinajstić information content (AvgIpc) is 2.47. The van der Waals surface area contributed by atoms with E-state index in [-0.39, 0.29) is 17.0 Å². The van der Waals surface area contributed by atoms with Gasteiger partial charge < -0.3 is 10.4 Å². The van der Waals surface area contributed by atoms with Gasteiger partial charge in [-0.15, -0.1) is 0 Å². The molecule has 0 aliphatic rings. The van der Waals surface area contributed by atoms with Gasteiger partial charge in [0.15, 0.2) is 5.57 Å². The van der Waals surface area contributed by atoms with Gasteiger partial charge in [-0.3, -0.25) is 0 Å². The fourth-order valence-electron chi connectivity index (χ4n) is 1.79. The van der Waals surface area contributed by atoms with Crippen molar-refractivity contribution >= 4 is 16.5 Å². The second-order valence-electron chi connectivity index (χ2n) is 3.92. The summed E-state index contributed by atoms with van der Waals surface area (Å²) in [5.74, 6) is 0.0926. The Labute approximate surface area is 115 Å². The molecule has 0 amide bonds. The van der Waals surface area contributed by atoms with Gasteiger partial charge in [-0.25, -0.2) is 0 Å². The minimum absolute atomic E-state index is 0.0926. The smallest absolute Gasteiger partial charge is 0.163 e. The zero-order valence-electron chi connectivity index (χ0n) is 10.3. The Bertz CT molecular complexity index is 816. The van der Waals surface area contributed by atoms with Crippen LogP contribution in [0, 0.1) is 34.0 Å². The summed E-state index contributed by atoms with van der Waals surface area (Å²) in [6, 6.07) is 15.3. The Balaban J connectivity index is 2.59. The molecule has 0 aliphatic heterocycles. The lowest BCUT2D eigenvalue weighted by atomic mass is 10.1. The average molecular weight is 260 g/mol. The Kier molecular flexibility index (Phi) is 3.52. The highest BCUT2D eigenvalue weighted by Crippen LogP contribution is 2.28. The number of phenols is 1. The van der Waals surface area contributed by atoms with Crippen LogP contribution in [0.3, 0.4) is 0 Å². The van der Waals surface area contributed by atoms with Crippen LogP contribution in [-0.4, -0.2) is 5.11 Å². The Morgan fingerprint density at radius 2 is 1.75 bits per heavy atom. The van der Waals surface area contributed by atoms with Gasteiger partial charge in [0.05, 0.1) is 0 Å². The van der Waals surface area contributed by atoms with E-state index in [2.05, 4.69) is 5.32 Å². The monoisotopic (exact) mass is 260 g/mol. The molecule has 0 saturated heterocycles. The van der Waals surface area contributed by atoms with Crippen LogP contribution in [0.25, 0.3) is 10.8 Å². The van der Waals surface area contributed by atoms with Crippen molar-refractivity contribution in [2.45, 2.75) is 0 Å². The van der Waals surface area contributed by atoms with E-state index in [0.717, 1.165) is 5.39 Å². The molecule has 2 N–H and O–H groups in total. The number of anilines is 1. The quantitative estimate of drug-likeness (QED) is 0.808. The van der Waals surface area contributed by atoms with Gasteiger partial charge in [0.25, 0.3) is 0 Å². The standard InChI is InChI=1S/C15H8N4O/c16-7-11(8-17)15(9-18)19-14-3-1-2-10-4-5-12(20)6-13(10)14/h1-6,19-20H. The number of hydrogen-bond donors (Lipinski definition) is 2. The summed E-state index contributed by atoms with van der Waals surface area (Å²) in [5.41, 5.74) is 0.133. The largest absolute Gasteiger partial charge is 0.508 e. The summed E-state index contributed by atoms with van der Waals surface area (Å²) < 4.78 is 0. The van der Waals surface area contributed by atoms with Gasteiger partial charge in [0.1, 0.15) is 29.7 Å². The number of allylic oxidation sites excluding steroid dienone is 2. The molecule has 0 unspecified atom stereocenters. The number of nitrogens with zero attached hydrogens (tertiary/aromatic N) is 3. The molecule has 0 heterocycles. The molecule has 0 bridgehead atoms. The molecule has 0 radical (unpaired) electrons. The zero-order valence-corrected chi connectivity index (χ0v) is 10.3. The number of nitriles is 3. The van der Waals surface area contributed by atoms with Crippen LogP contribution in [0.5, 0.6) is 5.75 Å². The lowest BCUT2D eigenvalue weighted by Crippen LogP contribution is -2.01. The Morgan fingerprint density at radius 1 is 1.00 bits per heavy atom. The fourth-order valence-corrected chi connectivity index (χ4v) is 1.79. The van der Waals surface area contributed by atoms with Crippen molar-refractivity contribution in [3.05, 3.63) is 47.7 Å². The van der Waals surface area contributed by atoms with Gasteiger partial charge in [-0.05, 0) is 23.6 Å². The van der Waals surface area contributed by atoms with Gasteiger partial charge in [-0.2, -0.15) is 15.8 Å². The van der Waals surface area contributed by atoms with E-state index < -0.39 is 0 Å². The number of benzene rings is 2. The van der Waals surface area contributed by atoms with E-state index in [9.17, 15) is 5.11 Å². The van der Waals surface area contributed by atoms with Crippen molar-refractivity contribution in [2.75, 3.05) is 5.32 Å². The van der Waals surface area contributed by atoms with E-state index in [4.69, 9.17) is 15.8 Å². The van der Waals surface area contributed by atoms with E-state index in [1.54, 1.807) is 48.5 Å². The molecule has 5 heteroatoms. The number of nitrogens with one attached hydrogen (secondary N) is 1. The van der Waals surface area contributed by atoms with Gasteiger partial charge >= 0.3 is 0 Å². The Morgan fingerprint density at radius 3 is 2.40 bits per heavy atom. The highest BCUT2D eigenvalue weighted by atomic mass is 16.3. The lowest BCUT2D eigenvalue weighted by Gasteiger charge is -2.09. The molecule has 2 aromatic rings. The summed E-state index contributed by atoms with van der Waals surface area (Å²) in [4.78, 5) is 0. The van der Waals surface area contributed by atoms with E-state index in [1.165, 1.54) is 0 Å². The number of phenolic OH excluding ortho intramolecular Hbond substituents is 1. The predicted octanol–water partition coefficient (Wildman–Crippen LogP) is 2.78. The maximum Gasteiger partial charge on any atom is 0.163 e. The minimum atomic E-state index is -0.287. The van der Waals surface area contributed by atoms with Crippen molar-refractivity contribution < 1.29 is 5.11 Å². The maximum atomic E-state index is 9.54. The third-order valence-electron chi connectivity index (χ3n) is 2.71. The molecule has 94 valence electrons. The van der Waals surface area contributed by atoms with Gasteiger partial charge in [-0.1, -0.05) is 18.2 Å². The van der Waals surface area contributed by atoms with Crippen LogP contribution >= 0.6 is 0 Å². The molecule has 0 saturated carbocycles. The minimum Gasteiger partial charge on any atom is -0.508 e. The van der Waals surface area contributed by atoms with E-state index in [0.29, 0.717) is 11.1 Å². The molecule has 0 aromatic heterocycles. The second kappa shape index (κ2) is 5.44. The molecule has 5 nitrogen and oxygen atoms in total. The normalized spacial score (nSPS) is 9.05. The number of aromatic hydroxyl groups is 1. The predicted molar refractivity (Wildman–Crippen MR) is 73.1 cm³/mol. The molecular weight excluding hydrogens is 252 g/mol. The molecule has 0 spiro atoms. The number of fused-ring (bicyclic) bond motifs is 1. The molecule has 0 atom stereocenters. The molecule has 0 aliphatic carbocycles. The van der Waals surface area contributed by atoms with Crippen molar-refractivity contribution in [1.82, 2.24) is 0 Å². The van der Waals surface area contributed by atoms with Crippen molar-refractivity contribution in [1.29, 1.82) is 15.8 Å². The zero-order chi connectivity index (χ0) is 14.5. The van der Waals surface area contributed by atoms with Gasteiger partial charge in [0, 0.05) is 11.1 Å². The van der Waals surface area contributed by atoms with Crippen LogP contribution in [0.2, 0.25) is 0 Å². The van der Waals surface area contributed by atoms with Crippen molar-refractivity contribution in [3.63, 3.8) is 0 Å². The highest BCUT2D eigenvalue weighted by Gasteiger charge is 2.08. The molecule has 2 aromatic carbocycles. The van der Waals surface area contributed by atoms with E-state index >= 15 is 0 Å². The van der Waals surface area contributed by atoms with Crippen LogP contribution in [0.1, 0.15) is 0 Å². The molecular formula is C15H8N4O. The number of rotatable bonds is 2. The summed E-state index contributed by atoms with van der Waals surface area (Å²) >= 11 is 0.